The third kappa shape index (κ3) is 2.88. The zero-order valence-corrected chi connectivity index (χ0v) is 14.3. The average Bonchev–Trinajstić information content (AvgIpc) is 3.37. The molecule has 2 fully saturated rings. The van der Waals surface area contributed by atoms with Gasteiger partial charge in [-0.25, -0.2) is 9.78 Å². The van der Waals surface area contributed by atoms with Crippen molar-refractivity contribution < 1.29 is 4.79 Å². The maximum atomic E-state index is 12.8. The molecule has 1 amide bonds. The lowest BCUT2D eigenvalue weighted by molar-refractivity contribution is 0.0940. The van der Waals surface area contributed by atoms with Gasteiger partial charge in [0.25, 0.3) is 11.5 Å². The van der Waals surface area contributed by atoms with Gasteiger partial charge in [0.1, 0.15) is 0 Å². The van der Waals surface area contributed by atoms with E-state index < -0.39 is 11.2 Å². The second-order valence-corrected chi connectivity index (χ2v) is 7.08. The summed E-state index contributed by atoms with van der Waals surface area (Å²) in [5.41, 5.74) is 0.409. The molecule has 25 heavy (non-hydrogen) atoms. The van der Waals surface area contributed by atoms with Crippen LogP contribution in [0.5, 0.6) is 0 Å². The number of hydrogen-bond donors (Lipinski definition) is 2. The average molecular weight is 342 g/mol. The van der Waals surface area contributed by atoms with Crippen LogP contribution in [0, 0.1) is 5.92 Å². The molecule has 0 bridgehead atoms. The number of hydrogen-bond acceptors (Lipinski definition) is 4. The van der Waals surface area contributed by atoms with Crippen LogP contribution < -0.4 is 16.6 Å². The molecule has 2 heterocycles. The van der Waals surface area contributed by atoms with Crippen LogP contribution in [-0.4, -0.2) is 27.0 Å². The largest absolute Gasteiger partial charge is 0.352 e. The molecule has 2 N–H and O–H groups in total. The molecule has 2 saturated carbocycles. The fourth-order valence-electron chi connectivity index (χ4n) is 3.38. The van der Waals surface area contributed by atoms with Crippen LogP contribution >= 0.6 is 0 Å². The van der Waals surface area contributed by atoms with E-state index in [9.17, 15) is 14.4 Å². The second-order valence-electron chi connectivity index (χ2n) is 7.08. The summed E-state index contributed by atoms with van der Waals surface area (Å²) in [4.78, 5) is 44.1. The fourth-order valence-corrected chi connectivity index (χ4v) is 3.38. The van der Waals surface area contributed by atoms with Crippen molar-refractivity contribution in [2.45, 2.75) is 51.5 Å². The first-order valence-electron chi connectivity index (χ1n) is 9.04. The number of aryl methyl sites for hydroxylation is 1. The lowest BCUT2D eigenvalue weighted by Gasteiger charge is -2.25. The highest BCUT2D eigenvalue weighted by molar-refractivity contribution is 6.05. The monoisotopic (exact) mass is 342 g/mol. The van der Waals surface area contributed by atoms with Gasteiger partial charge in [-0.3, -0.25) is 19.1 Å². The molecule has 132 valence electrons. The summed E-state index contributed by atoms with van der Waals surface area (Å²) in [6.07, 6.45) is 5.55. The minimum atomic E-state index is -0.548. The first-order chi connectivity index (χ1) is 12.1. The standard InChI is InChI=1S/C18H22N4O3/c1-2-22-15-14(17(24)21-18(22)25)12(8-13(20-15)11-6-7-11)16(23)19-9-10-4-3-5-10/h8,10-11H,2-7,9H2,1H3,(H,19,23)(H,21,24,25). The van der Waals surface area contributed by atoms with E-state index in [4.69, 9.17) is 0 Å². The Kier molecular flexibility index (Phi) is 3.94. The van der Waals surface area contributed by atoms with Crippen molar-refractivity contribution in [1.29, 1.82) is 0 Å². The van der Waals surface area contributed by atoms with Crippen molar-refractivity contribution in [2.75, 3.05) is 6.54 Å². The number of aromatic nitrogens is 3. The number of fused-ring (bicyclic) bond motifs is 1. The Labute approximate surface area is 144 Å². The number of nitrogens with zero attached hydrogens (tertiary/aromatic N) is 2. The van der Waals surface area contributed by atoms with Crippen molar-refractivity contribution in [1.82, 2.24) is 19.9 Å². The van der Waals surface area contributed by atoms with Gasteiger partial charge in [-0.15, -0.1) is 0 Å². The summed E-state index contributed by atoms with van der Waals surface area (Å²) in [5.74, 6) is 0.599. The maximum absolute atomic E-state index is 12.8. The van der Waals surface area contributed by atoms with Crippen LogP contribution in [0.4, 0.5) is 0 Å². The molecule has 0 unspecified atom stereocenters. The number of aromatic amines is 1. The van der Waals surface area contributed by atoms with E-state index in [0.717, 1.165) is 31.4 Å². The Morgan fingerprint density at radius 3 is 2.68 bits per heavy atom. The molecule has 0 aromatic carbocycles. The summed E-state index contributed by atoms with van der Waals surface area (Å²) >= 11 is 0. The van der Waals surface area contributed by atoms with E-state index in [0.29, 0.717) is 36.1 Å². The Hall–Kier alpha value is -2.44. The normalized spacial score (nSPS) is 17.5. The SMILES string of the molecule is CCn1c(=O)[nH]c(=O)c2c(C(=O)NCC3CCC3)cc(C3CC3)nc21. The van der Waals surface area contributed by atoms with Crippen LogP contribution in [0.1, 0.15) is 61.0 Å². The quantitative estimate of drug-likeness (QED) is 0.861. The highest BCUT2D eigenvalue weighted by Gasteiger charge is 2.29. The van der Waals surface area contributed by atoms with E-state index in [1.807, 2.05) is 6.92 Å². The molecule has 7 heteroatoms. The van der Waals surface area contributed by atoms with Gasteiger partial charge in [0, 0.05) is 24.7 Å². The second kappa shape index (κ2) is 6.13. The predicted octanol–water partition coefficient (Wildman–Crippen LogP) is 1.51. The highest BCUT2D eigenvalue weighted by Crippen LogP contribution is 2.39. The molecule has 2 aliphatic carbocycles. The van der Waals surface area contributed by atoms with Crippen molar-refractivity contribution in [3.8, 4) is 0 Å². The number of pyridine rings is 1. The Morgan fingerprint density at radius 1 is 1.32 bits per heavy atom. The number of rotatable bonds is 5. The number of carbonyl (C=O) groups is 1. The fraction of sp³-hybridized carbons (Fsp3) is 0.556. The topological polar surface area (TPSA) is 96.9 Å². The van der Waals surface area contributed by atoms with Crippen molar-refractivity contribution in [3.63, 3.8) is 0 Å². The molecular weight excluding hydrogens is 320 g/mol. The van der Waals surface area contributed by atoms with Gasteiger partial charge in [0.15, 0.2) is 5.65 Å². The lowest BCUT2D eigenvalue weighted by Crippen LogP contribution is -2.35. The summed E-state index contributed by atoms with van der Waals surface area (Å²) < 4.78 is 1.42. The van der Waals surface area contributed by atoms with Crippen LogP contribution in [-0.2, 0) is 6.54 Å². The number of nitrogens with one attached hydrogen (secondary N) is 2. The van der Waals surface area contributed by atoms with Gasteiger partial charge in [0.05, 0.1) is 10.9 Å². The first kappa shape index (κ1) is 16.1. The summed E-state index contributed by atoms with van der Waals surface area (Å²) in [7, 11) is 0. The Bertz CT molecular complexity index is 951. The van der Waals surface area contributed by atoms with E-state index >= 15 is 0 Å². The van der Waals surface area contributed by atoms with Gasteiger partial charge < -0.3 is 5.32 Å². The van der Waals surface area contributed by atoms with Gasteiger partial charge in [0.2, 0.25) is 0 Å². The Balaban J connectivity index is 1.84. The van der Waals surface area contributed by atoms with Crippen molar-refractivity contribution in [3.05, 3.63) is 38.2 Å². The molecule has 2 aromatic heterocycles. The molecule has 0 atom stereocenters. The highest BCUT2D eigenvalue weighted by atomic mass is 16.2. The molecule has 2 aromatic rings. The van der Waals surface area contributed by atoms with Gasteiger partial charge in [-0.05, 0) is 44.6 Å². The minimum absolute atomic E-state index is 0.206. The van der Waals surface area contributed by atoms with Gasteiger partial charge in [-0.2, -0.15) is 0 Å². The maximum Gasteiger partial charge on any atom is 0.329 e. The van der Waals surface area contributed by atoms with E-state index in [1.165, 1.54) is 11.0 Å². The summed E-state index contributed by atoms with van der Waals surface area (Å²) in [6.45, 7) is 2.84. The van der Waals surface area contributed by atoms with Crippen molar-refractivity contribution in [2.24, 2.45) is 5.92 Å². The summed E-state index contributed by atoms with van der Waals surface area (Å²) in [5, 5.41) is 3.16. The molecule has 0 aliphatic heterocycles. The molecule has 0 saturated heterocycles. The molecule has 2 aliphatic rings. The van der Waals surface area contributed by atoms with Crippen LogP contribution in [0.25, 0.3) is 11.0 Å². The first-order valence-corrected chi connectivity index (χ1v) is 9.04. The predicted molar refractivity (Wildman–Crippen MR) is 93.9 cm³/mol. The van der Waals surface area contributed by atoms with Crippen molar-refractivity contribution >= 4 is 16.9 Å². The number of H-pyrrole nitrogens is 1. The smallest absolute Gasteiger partial charge is 0.329 e. The number of carbonyl (C=O) groups excluding carboxylic acids is 1. The van der Waals surface area contributed by atoms with Gasteiger partial charge >= 0.3 is 5.69 Å². The third-order valence-corrected chi connectivity index (χ3v) is 5.30. The van der Waals surface area contributed by atoms with Crippen LogP contribution in [0.3, 0.4) is 0 Å². The van der Waals surface area contributed by atoms with Crippen LogP contribution in [0.2, 0.25) is 0 Å². The van der Waals surface area contributed by atoms with E-state index in [1.54, 1.807) is 6.07 Å². The van der Waals surface area contributed by atoms with Gasteiger partial charge in [-0.1, -0.05) is 6.42 Å². The minimum Gasteiger partial charge on any atom is -0.352 e. The molecule has 0 spiro atoms. The molecule has 7 nitrogen and oxygen atoms in total. The molecule has 0 radical (unpaired) electrons. The lowest BCUT2D eigenvalue weighted by atomic mass is 9.85. The van der Waals surface area contributed by atoms with E-state index in [2.05, 4.69) is 15.3 Å². The molecular formula is C18H22N4O3. The van der Waals surface area contributed by atoms with Crippen LogP contribution in [0.15, 0.2) is 15.7 Å². The number of amides is 1. The zero-order valence-electron chi connectivity index (χ0n) is 14.3. The Morgan fingerprint density at radius 2 is 2.08 bits per heavy atom. The zero-order chi connectivity index (χ0) is 17.6. The summed E-state index contributed by atoms with van der Waals surface area (Å²) in [6, 6.07) is 1.73. The van der Waals surface area contributed by atoms with E-state index in [-0.39, 0.29) is 11.3 Å². The third-order valence-electron chi connectivity index (χ3n) is 5.30. The molecule has 4 rings (SSSR count).